The molecule has 1 heterocycles. The number of unbranched alkanes of at least 4 members (excludes halogenated alkanes) is 1. The van der Waals surface area contributed by atoms with E-state index in [1.165, 1.54) is 4.90 Å². The van der Waals surface area contributed by atoms with Gasteiger partial charge in [-0.2, -0.15) is 0 Å². The van der Waals surface area contributed by atoms with Crippen LogP contribution in [-0.2, 0) is 9.59 Å². The minimum atomic E-state index is -0.967. The summed E-state index contributed by atoms with van der Waals surface area (Å²) in [6, 6.07) is 5.82. The predicted molar refractivity (Wildman–Crippen MR) is 112 cm³/mol. The lowest BCUT2D eigenvalue weighted by atomic mass is 9.98. The highest BCUT2D eigenvalue weighted by Crippen LogP contribution is 2.23. The molecule has 5 nitrogen and oxygen atoms in total. The molecule has 2 amide bonds. The lowest BCUT2D eigenvalue weighted by molar-refractivity contribution is -0.131. The number of alkyl halides is 1. The van der Waals surface area contributed by atoms with Crippen molar-refractivity contribution in [3.05, 3.63) is 47.6 Å². The standard InChI is InChI=1S/C22H30FN3O2/c1-4-5-6-7-8-19(20-13-18(24-3)10-9-16(20)2)22(28)25-14-21(27)26-12-11-17(23)15-26/h6-10,13,17,24H,4-5,11-12,14-15H2,1-3H3,(H,25,28)/b7-6+,19-8+. The fourth-order valence-corrected chi connectivity index (χ4v) is 3.09. The molecule has 0 aliphatic carbocycles. The van der Waals surface area contributed by atoms with Crippen LogP contribution in [0, 0.1) is 6.92 Å². The Morgan fingerprint density at radius 2 is 2.14 bits per heavy atom. The van der Waals surface area contributed by atoms with Gasteiger partial charge in [0.05, 0.1) is 13.1 Å². The number of likely N-dealkylation sites (tertiary alicyclic amines) is 1. The number of allylic oxidation sites excluding steroid dienone is 3. The van der Waals surface area contributed by atoms with E-state index in [-0.39, 0.29) is 24.9 Å². The van der Waals surface area contributed by atoms with Crippen LogP contribution in [0.5, 0.6) is 0 Å². The van der Waals surface area contributed by atoms with Gasteiger partial charge < -0.3 is 15.5 Å². The van der Waals surface area contributed by atoms with E-state index in [0.29, 0.717) is 18.5 Å². The van der Waals surface area contributed by atoms with Crippen molar-refractivity contribution in [1.82, 2.24) is 10.2 Å². The van der Waals surface area contributed by atoms with Gasteiger partial charge in [-0.15, -0.1) is 0 Å². The molecule has 1 unspecified atom stereocenters. The van der Waals surface area contributed by atoms with Gasteiger partial charge in [-0.1, -0.05) is 31.6 Å². The number of rotatable bonds is 8. The quantitative estimate of drug-likeness (QED) is 0.530. The molecule has 2 rings (SSSR count). The van der Waals surface area contributed by atoms with Crippen molar-refractivity contribution < 1.29 is 14.0 Å². The van der Waals surface area contributed by atoms with Crippen molar-refractivity contribution in [2.75, 3.05) is 32.0 Å². The number of hydrogen-bond donors (Lipinski definition) is 2. The van der Waals surface area contributed by atoms with Crippen molar-refractivity contribution in [3.63, 3.8) is 0 Å². The van der Waals surface area contributed by atoms with Crippen LogP contribution in [0.1, 0.15) is 37.3 Å². The summed E-state index contributed by atoms with van der Waals surface area (Å²) in [6.07, 6.45) is 7.03. The van der Waals surface area contributed by atoms with E-state index >= 15 is 0 Å². The number of nitrogens with zero attached hydrogens (tertiary/aromatic N) is 1. The monoisotopic (exact) mass is 387 g/mol. The van der Waals surface area contributed by atoms with Gasteiger partial charge in [0.15, 0.2) is 0 Å². The highest BCUT2D eigenvalue weighted by Gasteiger charge is 2.26. The Morgan fingerprint density at radius 3 is 2.79 bits per heavy atom. The van der Waals surface area contributed by atoms with Crippen LogP contribution in [0.15, 0.2) is 36.4 Å². The minimum absolute atomic E-state index is 0.112. The van der Waals surface area contributed by atoms with Gasteiger partial charge in [-0.3, -0.25) is 9.59 Å². The number of halogens is 1. The van der Waals surface area contributed by atoms with E-state index in [0.717, 1.165) is 29.7 Å². The molecule has 1 saturated heterocycles. The van der Waals surface area contributed by atoms with Crippen LogP contribution in [0.4, 0.5) is 10.1 Å². The van der Waals surface area contributed by atoms with E-state index in [1.807, 2.05) is 44.3 Å². The van der Waals surface area contributed by atoms with Crippen LogP contribution < -0.4 is 10.6 Å². The zero-order valence-corrected chi connectivity index (χ0v) is 16.9. The van der Waals surface area contributed by atoms with Crippen molar-refractivity contribution in [1.29, 1.82) is 0 Å². The Balaban J connectivity index is 2.16. The van der Waals surface area contributed by atoms with Gasteiger partial charge in [0.1, 0.15) is 6.17 Å². The lowest BCUT2D eigenvalue weighted by Gasteiger charge is -2.17. The summed E-state index contributed by atoms with van der Waals surface area (Å²) in [7, 11) is 1.83. The first-order chi connectivity index (χ1) is 13.5. The maximum atomic E-state index is 13.3. The maximum absolute atomic E-state index is 13.3. The minimum Gasteiger partial charge on any atom is -0.388 e. The second-order valence-corrected chi connectivity index (χ2v) is 6.99. The summed E-state index contributed by atoms with van der Waals surface area (Å²) in [6.45, 7) is 4.42. The number of hydrogen-bond acceptors (Lipinski definition) is 3. The number of carbonyl (C=O) groups excluding carboxylic acids is 2. The molecule has 0 aromatic heterocycles. The molecule has 1 fully saturated rings. The molecule has 1 atom stereocenters. The number of aryl methyl sites for hydroxylation is 1. The summed E-state index contributed by atoms with van der Waals surface area (Å²) in [4.78, 5) is 26.5. The number of nitrogens with one attached hydrogen (secondary N) is 2. The van der Waals surface area contributed by atoms with Gasteiger partial charge in [0.2, 0.25) is 5.91 Å². The lowest BCUT2D eigenvalue weighted by Crippen LogP contribution is -2.39. The van der Waals surface area contributed by atoms with E-state index in [4.69, 9.17) is 0 Å². The van der Waals surface area contributed by atoms with Crippen LogP contribution in [-0.4, -0.2) is 49.6 Å². The van der Waals surface area contributed by atoms with Gasteiger partial charge in [-0.05, 0) is 49.1 Å². The Labute approximate surface area is 166 Å². The zero-order valence-electron chi connectivity index (χ0n) is 16.9. The van der Waals surface area contributed by atoms with Gasteiger partial charge >= 0.3 is 0 Å². The molecular formula is C22H30FN3O2. The first-order valence-electron chi connectivity index (χ1n) is 9.81. The third-order valence-corrected chi connectivity index (χ3v) is 4.80. The number of anilines is 1. The molecule has 2 N–H and O–H groups in total. The predicted octanol–water partition coefficient (Wildman–Crippen LogP) is 3.46. The molecule has 6 heteroatoms. The van der Waals surface area contributed by atoms with Gasteiger partial charge in [0.25, 0.3) is 5.91 Å². The van der Waals surface area contributed by atoms with Crippen LogP contribution >= 0.6 is 0 Å². The van der Waals surface area contributed by atoms with E-state index in [2.05, 4.69) is 17.6 Å². The highest BCUT2D eigenvalue weighted by atomic mass is 19.1. The Kier molecular flexibility index (Phi) is 8.23. The second-order valence-electron chi connectivity index (χ2n) is 6.99. The van der Waals surface area contributed by atoms with E-state index in [1.54, 1.807) is 6.08 Å². The van der Waals surface area contributed by atoms with Crippen molar-refractivity contribution >= 4 is 23.1 Å². The summed E-state index contributed by atoms with van der Waals surface area (Å²) in [5.74, 6) is -0.572. The topological polar surface area (TPSA) is 61.4 Å². The fourth-order valence-electron chi connectivity index (χ4n) is 3.09. The number of benzene rings is 1. The third-order valence-electron chi connectivity index (χ3n) is 4.80. The number of carbonyl (C=O) groups is 2. The molecule has 0 radical (unpaired) electrons. The number of amides is 2. The summed E-state index contributed by atoms with van der Waals surface area (Å²) in [5, 5.41) is 5.79. The summed E-state index contributed by atoms with van der Waals surface area (Å²) >= 11 is 0. The molecule has 0 saturated carbocycles. The molecular weight excluding hydrogens is 357 g/mol. The largest absolute Gasteiger partial charge is 0.388 e. The second kappa shape index (κ2) is 10.6. The normalized spacial score (nSPS) is 17.2. The molecule has 1 aromatic carbocycles. The first-order valence-corrected chi connectivity index (χ1v) is 9.81. The van der Waals surface area contributed by atoms with Crippen molar-refractivity contribution in [2.45, 2.75) is 39.3 Å². The zero-order chi connectivity index (χ0) is 20.5. The van der Waals surface area contributed by atoms with Crippen LogP contribution in [0.25, 0.3) is 5.57 Å². The smallest absolute Gasteiger partial charge is 0.252 e. The molecule has 1 aliphatic heterocycles. The van der Waals surface area contributed by atoms with Crippen molar-refractivity contribution in [3.8, 4) is 0 Å². The van der Waals surface area contributed by atoms with Gasteiger partial charge in [0, 0.05) is 24.9 Å². The third kappa shape index (κ3) is 5.94. The van der Waals surface area contributed by atoms with Crippen LogP contribution in [0.3, 0.4) is 0 Å². The molecule has 0 bridgehead atoms. The highest BCUT2D eigenvalue weighted by molar-refractivity contribution is 6.20. The van der Waals surface area contributed by atoms with Crippen molar-refractivity contribution in [2.24, 2.45) is 0 Å². The van der Waals surface area contributed by atoms with E-state index < -0.39 is 6.17 Å². The molecule has 0 spiro atoms. The average Bonchev–Trinajstić information content (AvgIpc) is 3.13. The van der Waals surface area contributed by atoms with E-state index in [9.17, 15) is 14.0 Å². The first kappa shape index (κ1) is 21.7. The fraction of sp³-hybridized carbons (Fsp3) is 0.455. The van der Waals surface area contributed by atoms with Gasteiger partial charge in [-0.25, -0.2) is 4.39 Å². The Morgan fingerprint density at radius 1 is 1.36 bits per heavy atom. The average molecular weight is 387 g/mol. The Hall–Kier alpha value is -2.63. The summed E-state index contributed by atoms with van der Waals surface area (Å²) < 4.78 is 13.3. The molecule has 28 heavy (non-hydrogen) atoms. The SMILES string of the molecule is CCC/C=C/C=C(/C(=O)NCC(=O)N1CCC(F)C1)c1cc(NC)ccc1C. The maximum Gasteiger partial charge on any atom is 0.252 e. The molecule has 152 valence electrons. The van der Waals surface area contributed by atoms with Crippen LogP contribution in [0.2, 0.25) is 0 Å². The molecule has 1 aromatic rings. The molecule has 1 aliphatic rings. The Bertz CT molecular complexity index is 758. The summed E-state index contributed by atoms with van der Waals surface area (Å²) in [5.41, 5.74) is 3.18.